The van der Waals surface area contributed by atoms with E-state index in [-0.39, 0.29) is 16.7 Å². The highest BCUT2D eigenvalue weighted by atomic mass is 19.2. The Morgan fingerprint density at radius 3 is 1.78 bits per heavy atom. The summed E-state index contributed by atoms with van der Waals surface area (Å²) >= 11 is 0. The Bertz CT molecular complexity index is 1250. The van der Waals surface area contributed by atoms with Gasteiger partial charge < -0.3 is 4.74 Å². The third-order valence-corrected chi connectivity index (χ3v) is 8.50. The number of benzene rings is 3. The number of hydrogen-bond donors (Lipinski definition) is 0. The van der Waals surface area contributed by atoms with Crippen LogP contribution in [-0.4, -0.2) is 6.61 Å². The van der Waals surface area contributed by atoms with Gasteiger partial charge in [-0.25, -0.2) is 17.6 Å². The van der Waals surface area contributed by atoms with E-state index in [1.807, 2.05) is 0 Å². The van der Waals surface area contributed by atoms with Gasteiger partial charge in [-0.05, 0) is 54.7 Å². The van der Waals surface area contributed by atoms with Gasteiger partial charge in [0.15, 0.2) is 23.3 Å². The molecule has 1 nitrogen and oxygen atoms in total. The summed E-state index contributed by atoms with van der Waals surface area (Å²) in [4.78, 5) is 0. The van der Waals surface area contributed by atoms with Crippen molar-refractivity contribution in [1.82, 2.24) is 0 Å². The second-order valence-corrected chi connectivity index (χ2v) is 11.6. The topological polar surface area (TPSA) is 9.23 Å². The van der Waals surface area contributed by atoms with Crippen molar-refractivity contribution in [3.8, 4) is 22.3 Å². The molecule has 2 unspecified atom stereocenters. The molecule has 3 aromatic rings. The van der Waals surface area contributed by atoms with Crippen molar-refractivity contribution < 1.29 is 22.3 Å². The van der Waals surface area contributed by atoms with Gasteiger partial charge in [-0.15, -0.1) is 0 Å². The van der Waals surface area contributed by atoms with Gasteiger partial charge >= 0.3 is 0 Å². The molecule has 1 saturated heterocycles. The summed E-state index contributed by atoms with van der Waals surface area (Å²) in [6.07, 6.45) is 13.1. The second-order valence-electron chi connectivity index (χ2n) is 11.6. The highest BCUT2D eigenvalue weighted by Crippen LogP contribution is 2.37. The van der Waals surface area contributed by atoms with Crippen molar-refractivity contribution in [3.05, 3.63) is 82.9 Å². The van der Waals surface area contributed by atoms with Crippen molar-refractivity contribution in [3.63, 3.8) is 0 Å². The lowest BCUT2D eigenvalue weighted by Crippen LogP contribution is -2.21. The van der Waals surface area contributed by atoms with Crippen LogP contribution < -0.4 is 0 Å². The lowest BCUT2D eigenvalue weighted by molar-refractivity contribution is -0.0214. The fraction of sp³-hybridized carbons (Fsp3) is 0.500. The number of halogens is 4. The maximum atomic E-state index is 15.2. The SMILES string of the molecule is CCCCCCCCCCc1ccc(-c2ccc(-c3ccc(C4CCC(CCC)CO4)c(F)c3F)cc2)c(F)c1F. The lowest BCUT2D eigenvalue weighted by atomic mass is 9.90. The predicted molar refractivity (Wildman–Crippen MR) is 160 cm³/mol. The number of hydrogen-bond acceptors (Lipinski definition) is 1. The summed E-state index contributed by atoms with van der Waals surface area (Å²) in [5, 5.41) is 0. The van der Waals surface area contributed by atoms with Gasteiger partial charge in [-0.2, -0.15) is 0 Å². The van der Waals surface area contributed by atoms with Gasteiger partial charge in [-0.3, -0.25) is 0 Å². The van der Waals surface area contributed by atoms with Crippen molar-refractivity contribution in [2.24, 2.45) is 5.92 Å². The quantitative estimate of drug-likeness (QED) is 0.139. The Kier molecular flexibility index (Phi) is 11.9. The summed E-state index contributed by atoms with van der Waals surface area (Å²) in [7, 11) is 0. The molecule has 1 aliphatic rings. The smallest absolute Gasteiger partial charge is 0.167 e. The van der Waals surface area contributed by atoms with Crippen LogP contribution in [0.4, 0.5) is 17.6 Å². The number of ether oxygens (including phenoxy) is 1. The Hall–Kier alpha value is -2.66. The van der Waals surface area contributed by atoms with Crippen molar-refractivity contribution >= 4 is 0 Å². The van der Waals surface area contributed by atoms with Crippen LogP contribution in [0.1, 0.15) is 108 Å². The summed E-state index contributed by atoms with van der Waals surface area (Å²) in [5.74, 6) is -3.00. The number of aryl methyl sites for hydroxylation is 1. The van der Waals surface area contributed by atoms with Crippen molar-refractivity contribution in [1.29, 1.82) is 0 Å². The van der Waals surface area contributed by atoms with Gasteiger partial charge in [-0.1, -0.05) is 114 Å². The Morgan fingerprint density at radius 1 is 0.610 bits per heavy atom. The fourth-order valence-electron chi connectivity index (χ4n) is 6.01. The molecule has 0 saturated carbocycles. The van der Waals surface area contributed by atoms with E-state index in [0.717, 1.165) is 38.5 Å². The molecule has 0 spiro atoms. The molecule has 0 aliphatic carbocycles. The van der Waals surface area contributed by atoms with Crippen LogP contribution in [0.5, 0.6) is 0 Å². The minimum atomic E-state index is -0.919. The predicted octanol–water partition coefficient (Wildman–Crippen LogP) is 11.5. The third-order valence-electron chi connectivity index (χ3n) is 8.50. The Labute approximate surface area is 243 Å². The Balaban J connectivity index is 1.39. The zero-order chi connectivity index (χ0) is 29.2. The van der Waals surface area contributed by atoms with E-state index in [1.165, 1.54) is 32.1 Å². The molecule has 2 atom stereocenters. The van der Waals surface area contributed by atoms with E-state index >= 15 is 13.2 Å². The largest absolute Gasteiger partial charge is 0.373 e. The normalized spacial score (nSPS) is 17.2. The van der Waals surface area contributed by atoms with Crippen molar-refractivity contribution in [2.75, 3.05) is 6.61 Å². The first-order valence-corrected chi connectivity index (χ1v) is 15.6. The molecule has 1 heterocycles. The minimum absolute atomic E-state index is 0.129. The van der Waals surface area contributed by atoms with E-state index in [0.29, 0.717) is 42.1 Å². The minimum Gasteiger partial charge on any atom is -0.373 e. The maximum Gasteiger partial charge on any atom is 0.167 e. The molecule has 3 aromatic carbocycles. The zero-order valence-electron chi connectivity index (χ0n) is 24.6. The molecule has 1 aliphatic heterocycles. The fourth-order valence-corrected chi connectivity index (χ4v) is 6.01. The van der Waals surface area contributed by atoms with E-state index in [2.05, 4.69) is 13.8 Å². The molecule has 4 rings (SSSR count). The Morgan fingerprint density at radius 2 is 1.20 bits per heavy atom. The lowest BCUT2D eigenvalue weighted by Gasteiger charge is -2.29. The average Bonchev–Trinajstić information content (AvgIpc) is 2.99. The standard InChI is InChI=1S/C36H44F4O/c1-3-5-6-7-8-9-10-11-13-28-19-20-29(34(38)33(28)37)26-15-17-27(18-16-26)30-21-22-31(36(40)35(30)39)32-23-14-25(12-4-2)24-41-32/h15-22,25,32H,3-14,23-24H2,1-2H3. The molecule has 0 bridgehead atoms. The summed E-state index contributed by atoms with van der Waals surface area (Å²) in [6.45, 7) is 4.91. The van der Waals surface area contributed by atoms with Crippen molar-refractivity contribution in [2.45, 2.75) is 103 Å². The first-order valence-electron chi connectivity index (χ1n) is 15.6. The van der Waals surface area contributed by atoms with Crippen LogP contribution >= 0.6 is 0 Å². The molecule has 5 heteroatoms. The van der Waals surface area contributed by atoms with Gasteiger partial charge in [0.05, 0.1) is 12.7 Å². The third kappa shape index (κ3) is 8.00. The molecule has 1 fully saturated rings. The molecule has 0 amide bonds. The second kappa shape index (κ2) is 15.5. The van der Waals surface area contributed by atoms with E-state index in [4.69, 9.17) is 4.74 Å². The van der Waals surface area contributed by atoms with Gasteiger partial charge in [0.2, 0.25) is 0 Å². The molecule has 0 aromatic heterocycles. The number of unbranched alkanes of at least 4 members (excludes halogenated alkanes) is 7. The van der Waals surface area contributed by atoms with Crippen LogP contribution in [0.2, 0.25) is 0 Å². The highest BCUT2D eigenvalue weighted by molar-refractivity contribution is 5.71. The first kappa shape index (κ1) is 31.3. The van der Waals surface area contributed by atoms with Crippen LogP contribution in [0, 0.1) is 29.2 Å². The molecular formula is C36H44F4O. The summed E-state index contributed by atoms with van der Waals surface area (Å²) in [5.41, 5.74) is 1.89. The number of rotatable bonds is 14. The summed E-state index contributed by atoms with van der Waals surface area (Å²) in [6, 6.07) is 12.9. The zero-order valence-corrected chi connectivity index (χ0v) is 24.6. The summed E-state index contributed by atoms with van der Waals surface area (Å²) < 4.78 is 66.1. The monoisotopic (exact) mass is 568 g/mol. The van der Waals surface area contributed by atoms with Gasteiger partial charge in [0.25, 0.3) is 0 Å². The van der Waals surface area contributed by atoms with E-state index in [9.17, 15) is 4.39 Å². The first-order chi connectivity index (χ1) is 19.9. The highest BCUT2D eigenvalue weighted by Gasteiger charge is 2.27. The molecular weight excluding hydrogens is 524 g/mol. The van der Waals surface area contributed by atoms with E-state index in [1.54, 1.807) is 48.5 Å². The molecule has 0 radical (unpaired) electrons. The van der Waals surface area contributed by atoms with E-state index < -0.39 is 29.4 Å². The van der Waals surface area contributed by atoms with Gasteiger partial charge in [0.1, 0.15) is 0 Å². The maximum absolute atomic E-state index is 15.2. The van der Waals surface area contributed by atoms with Crippen LogP contribution in [0.15, 0.2) is 48.5 Å². The van der Waals surface area contributed by atoms with Gasteiger partial charge in [0, 0.05) is 16.7 Å². The molecule has 41 heavy (non-hydrogen) atoms. The van der Waals surface area contributed by atoms with Crippen LogP contribution in [-0.2, 0) is 11.2 Å². The average molecular weight is 569 g/mol. The molecule has 0 N–H and O–H groups in total. The van der Waals surface area contributed by atoms with Crippen LogP contribution in [0.3, 0.4) is 0 Å². The van der Waals surface area contributed by atoms with Crippen LogP contribution in [0.25, 0.3) is 22.3 Å². The molecule has 222 valence electrons.